The molecule has 0 aliphatic heterocycles. The van der Waals surface area contributed by atoms with Gasteiger partial charge < -0.3 is 25.5 Å². The summed E-state index contributed by atoms with van der Waals surface area (Å²) in [5.74, 6) is 0.0668. The Morgan fingerprint density at radius 3 is 2.28 bits per heavy atom. The number of carbonyl (C=O) groups excluding carboxylic acids is 2. The summed E-state index contributed by atoms with van der Waals surface area (Å²) in [4.78, 5) is 31.3. The molecule has 0 aliphatic carbocycles. The lowest BCUT2D eigenvalue weighted by Gasteiger charge is -2.20. The van der Waals surface area contributed by atoms with Gasteiger partial charge in [0.25, 0.3) is 5.69 Å². The van der Waals surface area contributed by atoms with Crippen LogP contribution in [-0.2, 0) is 18.6 Å². The molecule has 1 unspecified atom stereocenters. The largest absolute Gasteiger partial charge is 0.446 e. The average molecular weight is 377 g/mol. The van der Waals surface area contributed by atoms with Crippen molar-refractivity contribution in [2.24, 2.45) is 11.5 Å². The van der Waals surface area contributed by atoms with Crippen molar-refractivity contribution in [3.8, 4) is 5.75 Å². The lowest BCUT2D eigenvalue weighted by atomic mass is 10.3. The van der Waals surface area contributed by atoms with Crippen LogP contribution >= 0.6 is 7.60 Å². The average Bonchev–Trinajstić information content (AvgIpc) is 2.49. The van der Waals surface area contributed by atoms with Gasteiger partial charge in [-0.25, -0.2) is 14.2 Å². The molecule has 1 aromatic rings. The van der Waals surface area contributed by atoms with Crippen molar-refractivity contribution in [2.75, 3.05) is 19.9 Å². The summed E-state index contributed by atoms with van der Waals surface area (Å²) in [6, 6.07) is 4.81. The molecular weight excluding hydrogens is 361 g/mol. The zero-order valence-electron chi connectivity index (χ0n) is 13.0. The number of non-ortho nitro benzene ring substituents is 1. The van der Waals surface area contributed by atoms with Crippen LogP contribution in [0.25, 0.3) is 0 Å². The molecule has 0 spiro atoms. The number of nitro groups is 1. The van der Waals surface area contributed by atoms with E-state index in [2.05, 4.69) is 9.47 Å². The van der Waals surface area contributed by atoms with Crippen LogP contribution in [0.2, 0.25) is 0 Å². The molecule has 138 valence electrons. The van der Waals surface area contributed by atoms with E-state index in [4.69, 9.17) is 20.5 Å². The Hall–Kier alpha value is -2.85. The Labute approximate surface area is 141 Å². The second kappa shape index (κ2) is 8.85. The van der Waals surface area contributed by atoms with E-state index in [1.165, 1.54) is 12.1 Å². The molecule has 0 heterocycles. The lowest BCUT2D eigenvalue weighted by molar-refractivity contribution is -0.384. The van der Waals surface area contributed by atoms with Crippen LogP contribution in [-0.4, -0.2) is 43.1 Å². The van der Waals surface area contributed by atoms with E-state index < -0.39 is 44.0 Å². The van der Waals surface area contributed by atoms with E-state index in [0.717, 1.165) is 18.8 Å². The maximum absolute atomic E-state index is 12.2. The van der Waals surface area contributed by atoms with Crippen LogP contribution in [0.5, 0.6) is 5.75 Å². The van der Waals surface area contributed by atoms with Gasteiger partial charge in [-0.15, -0.1) is 0 Å². The molecule has 13 heteroatoms. The molecule has 25 heavy (non-hydrogen) atoms. The normalized spacial score (nSPS) is 14.0. The molecule has 0 radical (unpaired) electrons. The summed E-state index contributed by atoms with van der Waals surface area (Å²) in [6.07, 6.45) is -3.43. The summed E-state index contributed by atoms with van der Waals surface area (Å²) in [5, 5.41) is 10.6. The Bertz CT molecular complexity index is 679. The summed E-state index contributed by atoms with van der Waals surface area (Å²) >= 11 is 0. The third kappa shape index (κ3) is 7.99. The number of hydrogen-bond donors (Lipinski definition) is 2. The van der Waals surface area contributed by atoms with Gasteiger partial charge in [0.05, 0.1) is 11.5 Å². The van der Waals surface area contributed by atoms with Crippen molar-refractivity contribution in [3.63, 3.8) is 0 Å². The number of nitrogens with zero attached hydrogens (tertiary/aromatic N) is 1. The first kappa shape index (κ1) is 20.2. The zero-order valence-corrected chi connectivity index (χ0v) is 13.9. The molecule has 1 aromatic carbocycles. The van der Waals surface area contributed by atoms with Gasteiger partial charge in [-0.2, -0.15) is 0 Å². The predicted octanol–water partition coefficient (Wildman–Crippen LogP) is 1.37. The number of ether oxygens (including phenoxy) is 2. The maximum atomic E-state index is 12.2. The fourth-order valence-electron chi connectivity index (χ4n) is 1.52. The number of rotatable bonds is 9. The van der Waals surface area contributed by atoms with Gasteiger partial charge in [0.15, 0.2) is 6.10 Å². The number of nitro benzene ring substituents is 1. The van der Waals surface area contributed by atoms with E-state index in [9.17, 15) is 24.3 Å². The zero-order chi connectivity index (χ0) is 19.0. The Morgan fingerprint density at radius 2 is 1.80 bits per heavy atom. The number of primary amides is 2. The standard InChI is InChI=1S/C12H16N3O9P/c1-25(20,24-9-4-2-8(3-5-9)15(18)19)22-7-10(23-12(14)17)6-21-11(13)16/h2-5,10H,6-7H2,1H3,(H2,13,16)(H2,14,17)/t10-,25?/m1/s1. The number of carbonyl (C=O) groups is 2. The highest BCUT2D eigenvalue weighted by atomic mass is 31.2. The number of hydrogen-bond acceptors (Lipinski definition) is 9. The van der Waals surface area contributed by atoms with E-state index in [-0.39, 0.29) is 11.4 Å². The monoisotopic (exact) mass is 377 g/mol. The third-order valence-corrected chi connectivity index (χ3v) is 3.67. The second-order valence-corrected chi connectivity index (χ2v) is 6.58. The minimum Gasteiger partial charge on any atom is -0.446 e. The van der Waals surface area contributed by atoms with Crippen LogP contribution in [0.3, 0.4) is 0 Å². The van der Waals surface area contributed by atoms with E-state index in [0.29, 0.717) is 0 Å². The van der Waals surface area contributed by atoms with Crippen molar-refractivity contribution >= 4 is 25.5 Å². The fourth-order valence-corrected chi connectivity index (χ4v) is 2.51. The Kier molecular flexibility index (Phi) is 7.15. The minimum absolute atomic E-state index is 0.0668. The highest BCUT2D eigenvalue weighted by molar-refractivity contribution is 7.53. The van der Waals surface area contributed by atoms with Crippen molar-refractivity contribution < 1.29 is 37.6 Å². The maximum Gasteiger partial charge on any atom is 0.404 e. The van der Waals surface area contributed by atoms with E-state index >= 15 is 0 Å². The molecule has 0 saturated carbocycles. The highest BCUT2D eigenvalue weighted by Gasteiger charge is 2.24. The quantitative estimate of drug-likeness (QED) is 0.364. The molecule has 12 nitrogen and oxygen atoms in total. The van der Waals surface area contributed by atoms with Crippen LogP contribution in [0.1, 0.15) is 0 Å². The first-order valence-corrected chi connectivity index (χ1v) is 8.62. The minimum atomic E-state index is -3.67. The number of benzene rings is 1. The van der Waals surface area contributed by atoms with Crippen molar-refractivity contribution in [3.05, 3.63) is 34.4 Å². The summed E-state index contributed by atoms with van der Waals surface area (Å²) < 4.78 is 31.5. The van der Waals surface area contributed by atoms with Crippen molar-refractivity contribution in [2.45, 2.75) is 6.10 Å². The van der Waals surface area contributed by atoms with Gasteiger partial charge in [-0.05, 0) is 12.1 Å². The second-order valence-electron chi connectivity index (χ2n) is 4.60. The van der Waals surface area contributed by atoms with Gasteiger partial charge in [0.2, 0.25) is 0 Å². The molecule has 2 atom stereocenters. The molecule has 0 aromatic heterocycles. The topological polar surface area (TPSA) is 183 Å². The summed E-state index contributed by atoms with van der Waals surface area (Å²) in [5.41, 5.74) is 9.48. The smallest absolute Gasteiger partial charge is 0.404 e. The first-order chi connectivity index (χ1) is 11.6. The van der Waals surface area contributed by atoms with Gasteiger partial charge >= 0.3 is 19.8 Å². The highest BCUT2D eigenvalue weighted by Crippen LogP contribution is 2.44. The van der Waals surface area contributed by atoms with Crippen molar-refractivity contribution in [1.29, 1.82) is 0 Å². The first-order valence-electron chi connectivity index (χ1n) is 6.63. The molecule has 0 aliphatic rings. The van der Waals surface area contributed by atoms with E-state index in [1.54, 1.807) is 0 Å². The molecule has 0 fully saturated rings. The molecular formula is C12H16N3O9P. The summed E-state index contributed by atoms with van der Waals surface area (Å²) in [7, 11) is -3.67. The molecule has 2 amide bonds. The lowest BCUT2D eigenvalue weighted by Crippen LogP contribution is -2.32. The van der Waals surface area contributed by atoms with Crippen LogP contribution in [0.15, 0.2) is 24.3 Å². The van der Waals surface area contributed by atoms with Gasteiger partial charge in [-0.1, -0.05) is 0 Å². The molecule has 1 rings (SSSR count). The molecule has 0 bridgehead atoms. The molecule has 0 saturated heterocycles. The summed E-state index contributed by atoms with van der Waals surface area (Å²) in [6.45, 7) is 0.206. The molecule has 4 N–H and O–H groups in total. The van der Waals surface area contributed by atoms with Crippen molar-refractivity contribution in [1.82, 2.24) is 0 Å². The number of amides is 2. The van der Waals surface area contributed by atoms with Gasteiger partial charge in [0, 0.05) is 18.8 Å². The Morgan fingerprint density at radius 1 is 1.20 bits per heavy atom. The van der Waals surface area contributed by atoms with Crippen LogP contribution in [0.4, 0.5) is 15.3 Å². The number of nitrogens with two attached hydrogens (primary N) is 2. The predicted molar refractivity (Wildman–Crippen MR) is 83.2 cm³/mol. The van der Waals surface area contributed by atoms with Crippen LogP contribution in [0, 0.1) is 10.1 Å². The van der Waals surface area contributed by atoms with Gasteiger partial charge in [0.1, 0.15) is 12.4 Å². The SMILES string of the molecule is CP(=O)(OC[C@@H](COC(N)=O)OC(N)=O)Oc1ccc([N+](=O)[O-])cc1. The van der Waals surface area contributed by atoms with E-state index in [1.807, 2.05) is 0 Å². The van der Waals surface area contributed by atoms with Crippen LogP contribution < -0.4 is 16.0 Å². The van der Waals surface area contributed by atoms with Gasteiger partial charge in [-0.3, -0.25) is 14.6 Å². The fraction of sp³-hybridized carbons (Fsp3) is 0.333. The third-order valence-electron chi connectivity index (χ3n) is 2.51. The Balaban J connectivity index is 2.64.